The van der Waals surface area contributed by atoms with Gasteiger partial charge in [0.25, 0.3) is 0 Å². The number of carbonyl (C=O) groups is 2. The van der Waals surface area contributed by atoms with Gasteiger partial charge in [0.1, 0.15) is 12.7 Å². The molecule has 0 aliphatic carbocycles. The summed E-state index contributed by atoms with van der Waals surface area (Å²) >= 11 is 11.8. The summed E-state index contributed by atoms with van der Waals surface area (Å²) in [5.41, 5.74) is 0.162. The van der Waals surface area contributed by atoms with E-state index >= 15 is 0 Å². The summed E-state index contributed by atoms with van der Waals surface area (Å²) in [5.74, 6) is -1.26. The molecular weight excluding hydrogens is 317 g/mol. The molecule has 1 aromatic heterocycles. The molecule has 1 aromatic carbocycles. The van der Waals surface area contributed by atoms with E-state index in [1.807, 2.05) is 0 Å². The van der Waals surface area contributed by atoms with Gasteiger partial charge in [0.15, 0.2) is 5.78 Å². The molecule has 1 atom stereocenters. The van der Waals surface area contributed by atoms with E-state index in [1.165, 1.54) is 30.9 Å². The molecule has 0 saturated carbocycles. The van der Waals surface area contributed by atoms with Crippen molar-refractivity contribution in [1.82, 2.24) is 14.8 Å². The van der Waals surface area contributed by atoms with Crippen molar-refractivity contribution in [3.8, 4) is 0 Å². The third-order valence-electron chi connectivity index (χ3n) is 2.66. The second-order valence-electron chi connectivity index (χ2n) is 4.02. The number of halogens is 2. The number of Topliss-reactive ketones (excluding diaryl/α,β-unsaturated/α-hetero) is 1. The Morgan fingerprint density at radius 2 is 2.14 bits per heavy atom. The SMILES string of the molecule is CCOC(=O)C(C(=O)c1ccc(Cl)cc1Cl)n1cncn1. The lowest BCUT2D eigenvalue weighted by Crippen LogP contribution is -2.30. The predicted octanol–water partition coefficient (Wildman–Crippen LogP) is 2.57. The van der Waals surface area contributed by atoms with Gasteiger partial charge in [0.05, 0.1) is 11.6 Å². The van der Waals surface area contributed by atoms with Crippen LogP contribution >= 0.6 is 23.2 Å². The highest BCUT2D eigenvalue weighted by atomic mass is 35.5. The van der Waals surface area contributed by atoms with E-state index < -0.39 is 17.8 Å². The molecule has 1 heterocycles. The van der Waals surface area contributed by atoms with Crippen LogP contribution in [0.4, 0.5) is 0 Å². The van der Waals surface area contributed by atoms with E-state index in [0.29, 0.717) is 5.02 Å². The van der Waals surface area contributed by atoms with Crippen LogP contribution in [0.3, 0.4) is 0 Å². The lowest BCUT2D eigenvalue weighted by atomic mass is 10.0. The number of nitrogens with zero attached hydrogens (tertiary/aromatic N) is 3. The molecular formula is C13H11Cl2N3O3. The third-order valence-corrected chi connectivity index (χ3v) is 3.20. The monoisotopic (exact) mass is 327 g/mol. The Bertz CT molecular complexity index is 659. The van der Waals surface area contributed by atoms with Crippen LogP contribution in [-0.4, -0.2) is 33.1 Å². The maximum Gasteiger partial charge on any atom is 0.339 e. The van der Waals surface area contributed by atoms with Gasteiger partial charge in [-0.05, 0) is 25.1 Å². The maximum absolute atomic E-state index is 12.6. The molecule has 2 rings (SSSR count). The van der Waals surface area contributed by atoms with Crippen LogP contribution in [0, 0.1) is 0 Å². The van der Waals surface area contributed by atoms with Crippen molar-refractivity contribution in [2.75, 3.05) is 6.61 Å². The third kappa shape index (κ3) is 3.40. The number of esters is 1. The minimum Gasteiger partial charge on any atom is -0.464 e. The van der Waals surface area contributed by atoms with Crippen molar-refractivity contribution in [3.63, 3.8) is 0 Å². The van der Waals surface area contributed by atoms with Gasteiger partial charge in [-0.25, -0.2) is 14.5 Å². The first-order valence-corrected chi connectivity index (χ1v) is 6.80. The van der Waals surface area contributed by atoms with Gasteiger partial charge in [0, 0.05) is 10.6 Å². The van der Waals surface area contributed by atoms with Crippen molar-refractivity contribution in [2.24, 2.45) is 0 Å². The van der Waals surface area contributed by atoms with E-state index in [9.17, 15) is 9.59 Å². The van der Waals surface area contributed by atoms with Crippen molar-refractivity contribution < 1.29 is 14.3 Å². The average Bonchev–Trinajstić information content (AvgIpc) is 2.92. The van der Waals surface area contributed by atoms with Gasteiger partial charge < -0.3 is 4.74 Å². The summed E-state index contributed by atoms with van der Waals surface area (Å²) in [6.45, 7) is 1.79. The first-order chi connectivity index (χ1) is 10.0. The molecule has 1 unspecified atom stereocenters. The van der Waals surface area contributed by atoms with Crippen LogP contribution < -0.4 is 0 Å². The molecule has 110 valence electrons. The molecule has 0 bridgehead atoms. The summed E-state index contributed by atoms with van der Waals surface area (Å²) in [6, 6.07) is 3.13. The van der Waals surface area contributed by atoms with Crippen LogP contribution in [0.1, 0.15) is 23.3 Å². The fourth-order valence-electron chi connectivity index (χ4n) is 1.74. The Kier molecular flexibility index (Phi) is 4.93. The summed E-state index contributed by atoms with van der Waals surface area (Å²) < 4.78 is 6.05. The zero-order valence-electron chi connectivity index (χ0n) is 11.0. The van der Waals surface area contributed by atoms with E-state index in [-0.39, 0.29) is 17.2 Å². The summed E-state index contributed by atoms with van der Waals surface area (Å²) in [5, 5.41) is 4.38. The number of rotatable bonds is 5. The Hall–Kier alpha value is -1.92. The normalized spacial score (nSPS) is 12.0. The molecule has 2 aromatic rings. The fraction of sp³-hybridized carbons (Fsp3) is 0.231. The molecule has 0 fully saturated rings. The van der Waals surface area contributed by atoms with Crippen LogP contribution in [-0.2, 0) is 9.53 Å². The second kappa shape index (κ2) is 6.69. The van der Waals surface area contributed by atoms with E-state index in [0.717, 1.165) is 4.68 Å². The number of benzene rings is 1. The Morgan fingerprint density at radius 3 is 2.71 bits per heavy atom. The largest absolute Gasteiger partial charge is 0.464 e. The Balaban J connectivity index is 2.41. The highest BCUT2D eigenvalue weighted by molar-refractivity contribution is 6.37. The molecule has 0 radical (unpaired) electrons. The second-order valence-corrected chi connectivity index (χ2v) is 4.86. The first-order valence-electron chi connectivity index (χ1n) is 6.04. The van der Waals surface area contributed by atoms with Crippen LogP contribution in [0.25, 0.3) is 0 Å². The number of carbonyl (C=O) groups excluding carboxylic acids is 2. The van der Waals surface area contributed by atoms with Crippen LogP contribution in [0.2, 0.25) is 10.0 Å². The number of hydrogen-bond acceptors (Lipinski definition) is 5. The smallest absolute Gasteiger partial charge is 0.339 e. The lowest BCUT2D eigenvalue weighted by molar-refractivity contribution is -0.145. The fourth-order valence-corrected chi connectivity index (χ4v) is 2.25. The maximum atomic E-state index is 12.6. The molecule has 0 N–H and O–H groups in total. The molecule has 0 amide bonds. The molecule has 0 saturated heterocycles. The van der Waals surface area contributed by atoms with Crippen molar-refractivity contribution in [3.05, 3.63) is 46.5 Å². The van der Waals surface area contributed by atoms with Gasteiger partial charge in [0.2, 0.25) is 6.04 Å². The van der Waals surface area contributed by atoms with Crippen molar-refractivity contribution in [1.29, 1.82) is 0 Å². The molecule has 0 aliphatic heterocycles. The van der Waals surface area contributed by atoms with E-state index in [4.69, 9.17) is 27.9 Å². The van der Waals surface area contributed by atoms with E-state index in [2.05, 4.69) is 10.1 Å². The Labute approximate surface area is 130 Å². The summed E-state index contributed by atoms with van der Waals surface area (Å²) in [7, 11) is 0. The van der Waals surface area contributed by atoms with Crippen LogP contribution in [0.5, 0.6) is 0 Å². The standard InChI is InChI=1S/C13H11Cl2N3O3/c1-2-21-13(20)11(18-7-16-6-17-18)12(19)9-4-3-8(14)5-10(9)15/h3-7,11H,2H2,1H3. The quantitative estimate of drug-likeness (QED) is 0.479. The lowest BCUT2D eigenvalue weighted by Gasteiger charge is -2.15. The van der Waals surface area contributed by atoms with Crippen LogP contribution in [0.15, 0.2) is 30.9 Å². The van der Waals surface area contributed by atoms with Gasteiger partial charge in [-0.15, -0.1) is 0 Å². The predicted molar refractivity (Wildman–Crippen MR) is 76.5 cm³/mol. The minimum absolute atomic E-state index is 0.145. The minimum atomic E-state index is -1.27. The number of ether oxygens (including phenoxy) is 1. The highest BCUT2D eigenvalue weighted by Gasteiger charge is 2.32. The Morgan fingerprint density at radius 1 is 1.38 bits per heavy atom. The highest BCUT2D eigenvalue weighted by Crippen LogP contribution is 2.25. The summed E-state index contributed by atoms with van der Waals surface area (Å²) in [4.78, 5) is 28.3. The molecule has 0 aliphatic rings. The molecule has 21 heavy (non-hydrogen) atoms. The van der Waals surface area contributed by atoms with E-state index in [1.54, 1.807) is 6.92 Å². The number of aromatic nitrogens is 3. The van der Waals surface area contributed by atoms with Gasteiger partial charge in [-0.2, -0.15) is 5.10 Å². The van der Waals surface area contributed by atoms with Gasteiger partial charge >= 0.3 is 5.97 Å². The molecule has 6 nitrogen and oxygen atoms in total. The van der Waals surface area contributed by atoms with Gasteiger partial charge in [-0.1, -0.05) is 23.2 Å². The number of ketones is 1. The molecule has 8 heteroatoms. The molecule has 0 spiro atoms. The van der Waals surface area contributed by atoms with Gasteiger partial charge in [-0.3, -0.25) is 4.79 Å². The number of hydrogen-bond donors (Lipinski definition) is 0. The first kappa shape index (κ1) is 15.5. The van der Waals surface area contributed by atoms with Crippen molar-refractivity contribution >= 4 is 35.0 Å². The zero-order chi connectivity index (χ0) is 15.4. The van der Waals surface area contributed by atoms with Crippen molar-refractivity contribution in [2.45, 2.75) is 13.0 Å². The summed E-state index contributed by atoms with van der Waals surface area (Å²) in [6.07, 6.45) is 2.49. The zero-order valence-corrected chi connectivity index (χ0v) is 12.5. The average molecular weight is 328 g/mol. The topological polar surface area (TPSA) is 74.1 Å².